The van der Waals surface area contributed by atoms with E-state index in [1.165, 1.54) is 0 Å². The Hall–Kier alpha value is 2.47. The molecule has 0 aromatic heterocycles. The van der Waals surface area contributed by atoms with Gasteiger partial charge < -0.3 is 2.85 Å². The van der Waals surface area contributed by atoms with Gasteiger partial charge in [0.1, 0.15) is 0 Å². The zero-order chi connectivity index (χ0) is 10.7. The average molecular weight is 565 g/mol. The van der Waals surface area contributed by atoms with Crippen LogP contribution in [0.4, 0.5) is 0 Å². The number of hydrogen-bond acceptors (Lipinski definition) is 6. The number of rotatable bonds is 0. The second-order valence-electron chi connectivity index (χ2n) is 0.714. The first-order valence-electron chi connectivity index (χ1n) is 1.70. The Bertz CT molecular complexity index is 216. The van der Waals surface area contributed by atoms with Gasteiger partial charge in [0.2, 0.25) is 0 Å². The molecule has 13 heteroatoms. The van der Waals surface area contributed by atoms with E-state index in [2.05, 4.69) is 0 Å². The monoisotopic (exact) mass is 566 g/mol. The third kappa shape index (κ3) is 368. The molecule has 0 saturated heterocycles. The van der Waals surface area contributed by atoms with Gasteiger partial charge in [-0.2, -0.15) is 0 Å². The first-order valence-corrected chi connectivity index (χ1v) is 10.0. The summed E-state index contributed by atoms with van der Waals surface area (Å²) in [5.41, 5.74) is 0. The molecule has 0 aliphatic heterocycles. The van der Waals surface area contributed by atoms with E-state index in [1.54, 1.807) is 0 Å². The normalized spacial score (nSPS) is 5.77. The first-order chi connectivity index (χ1) is 5.20. The molecule has 0 heterocycles. The molecule has 3 N–H and O–H groups in total. The molecule has 0 bridgehead atoms. The summed E-state index contributed by atoms with van der Waals surface area (Å²) >= 11 is -11.9. The predicted octanol–water partition coefficient (Wildman–Crippen LogP) is -2.55. The molecule has 0 unspecified atom stereocenters. The van der Waals surface area contributed by atoms with Crippen LogP contribution in [0.15, 0.2) is 0 Å². The molecule has 0 rings (SSSR count). The van der Waals surface area contributed by atoms with Crippen LogP contribution in [0.3, 0.4) is 0 Å². The molecule has 76 valence electrons. The van der Waals surface area contributed by atoms with Crippen molar-refractivity contribution in [3.05, 3.63) is 0 Å². The molecule has 0 aromatic carbocycles. The van der Waals surface area contributed by atoms with Crippen molar-refractivity contribution in [2.45, 2.75) is 0 Å². The molecule has 0 radical (unpaired) electrons. The fourth-order valence-corrected chi connectivity index (χ4v) is 0. The zero-order valence-electron chi connectivity index (χ0n) is 7.84. The first kappa shape index (κ1) is 24.6. The Kier molecular flexibility index (Phi) is 37.8. The molecule has 0 amide bonds. The topological polar surface area (TPSA) is 163 Å². The summed E-state index contributed by atoms with van der Waals surface area (Å²) in [4.78, 5) is 0. The maximum absolute atomic E-state index is 8.71. The third-order valence-corrected chi connectivity index (χ3v) is 0. The molecular formula is H5BaNb3O9. The van der Waals surface area contributed by atoms with Crippen molar-refractivity contribution in [2.24, 2.45) is 0 Å². The van der Waals surface area contributed by atoms with Crippen LogP contribution in [-0.2, 0) is 75.9 Å². The Morgan fingerprint density at radius 2 is 0.615 bits per heavy atom. The van der Waals surface area contributed by atoms with Crippen molar-refractivity contribution in [1.29, 1.82) is 0 Å². The second-order valence-corrected chi connectivity index (χ2v) is 4.22. The van der Waals surface area contributed by atoms with Crippen LogP contribution in [0.25, 0.3) is 0 Å². The molecule has 0 aliphatic carbocycles. The summed E-state index contributed by atoms with van der Waals surface area (Å²) in [6.07, 6.45) is 0. The zero-order valence-corrected chi connectivity index (χ0v) is 16.9. The summed E-state index contributed by atoms with van der Waals surface area (Å²) in [6.45, 7) is 0. The standard InChI is InChI=1S/Ba.3Nb.3H2O.6O.2H/h;;;;3*1H2;;;;;;;;/q+2;3*+1;;;;;;;;;;2*-1/p-3. The molecular weight excluding hydrogens is 560 g/mol. The molecule has 13 heavy (non-hydrogen) atoms. The van der Waals surface area contributed by atoms with Crippen molar-refractivity contribution in [3.8, 4) is 0 Å². The summed E-state index contributed by atoms with van der Waals surface area (Å²) in [6, 6.07) is 0. The summed E-state index contributed by atoms with van der Waals surface area (Å²) in [5.74, 6) is 0. The predicted molar refractivity (Wildman–Crippen MR) is 18.8 cm³/mol. The van der Waals surface area contributed by atoms with Crippen LogP contribution >= 0.6 is 0 Å². The van der Waals surface area contributed by atoms with Gasteiger partial charge in [0.25, 0.3) is 0 Å². The molecule has 0 fully saturated rings. The van der Waals surface area contributed by atoms with Gasteiger partial charge in [-0.25, -0.2) is 0 Å². The van der Waals surface area contributed by atoms with E-state index >= 15 is 0 Å². The minimum atomic E-state index is -3.95. The van der Waals surface area contributed by atoms with E-state index < -0.39 is 56.4 Å². The molecule has 0 atom stereocenters. The van der Waals surface area contributed by atoms with Crippen molar-refractivity contribution >= 4 is 48.9 Å². The van der Waals surface area contributed by atoms with Crippen LogP contribution in [0.5, 0.6) is 0 Å². The Morgan fingerprint density at radius 3 is 0.615 bits per heavy atom. The average Bonchev–Trinajstić information content (AvgIpc) is 1.54. The van der Waals surface area contributed by atoms with Gasteiger partial charge in [-0.05, 0) is 0 Å². The molecule has 0 spiro atoms. The van der Waals surface area contributed by atoms with Crippen LogP contribution in [0.1, 0.15) is 2.85 Å². The van der Waals surface area contributed by atoms with E-state index in [1.807, 2.05) is 0 Å². The van der Waals surface area contributed by atoms with E-state index in [0.29, 0.717) is 0 Å². The van der Waals surface area contributed by atoms with Crippen molar-refractivity contribution in [1.82, 2.24) is 0 Å². The van der Waals surface area contributed by atoms with Crippen LogP contribution in [0.2, 0.25) is 0 Å². The third-order valence-electron chi connectivity index (χ3n) is 0. The van der Waals surface area contributed by atoms with E-state index in [4.69, 9.17) is 30.3 Å². The SMILES string of the molecule is [Ba+2].[H-].[H-].[O]=[Nb](=[O])[OH].[O]=[Nb](=[O])[OH].[O]=[Nb](=[O])[OH]. The van der Waals surface area contributed by atoms with Gasteiger partial charge in [0.05, 0.1) is 0 Å². The van der Waals surface area contributed by atoms with Gasteiger partial charge in [-0.1, -0.05) is 0 Å². The van der Waals surface area contributed by atoms with E-state index in [-0.39, 0.29) is 51.7 Å². The van der Waals surface area contributed by atoms with Gasteiger partial charge in [-0.15, -0.1) is 0 Å². The van der Waals surface area contributed by atoms with E-state index in [9.17, 15) is 0 Å². The Balaban J connectivity index is -0.0000000184. The quantitative estimate of drug-likeness (QED) is 0.269. The summed E-state index contributed by atoms with van der Waals surface area (Å²) in [7, 11) is 0. The molecule has 0 saturated carbocycles. The van der Waals surface area contributed by atoms with Crippen molar-refractivity contribution < 1.29 is 89.6 Å². The number of hydrogen-bond donors (Lipinski definition) is 3. The Labute approximate surface area is 135 Å². The van der Waals surface area contributed by atoms with Crippen molar-refractivity contribution in [2.75, 3.05) is 0 Å². The Morgan fingerprint density at radius 1 is 0.615 bits per heavy atom. The van der Waals surface area contributed by atoms with Gasteiger partial charge >= 0.3 is 136 Å². The van der Waals surface area contributed by atoms with Crippen LogP contribution in [-0.4, -0.2) is 59.7 Å². The molecule has 9 nitrogen and oxygen atoms in total. The fourth-order valence-electron chi connectivity index (χ4n) is 0. The molecule has 0 aromatic rings. The van der Waals surface area contributed by atoms with Crippen LogP contribution in [0, 0.1) is 0 Å². The fraction of sp³-hybridized carbons (Fsp3) is 0. The van der Waals surface area contributed by atoms with Gasteiger partial charge in [-0.3, -0.25) is 0 Å². The van der Waals surface area contributed by atoms with Crippen molar-refractivity contribution in [3.63, 3.8) is 0 Å². The van der Waals surface area contributed by atoms with Gasteiger partial charge in [0.15, 0.2) is 0 Å². The van der Waals surface area contributed by atoms with Crippen LogP contribution < -0.4 is 0 Å². The van der Waals surface area contributed by atoms with E-state index in [0.717, 1.165) is 0 Å². The second kappa shape index (κ2) is 20.0. The summed E-state index contributed by atoms with van der Waals surface area (Å²) in [5, 5.41) is 0. The van der Waals surface area contributed by atoms with Gasteiger partial charge in [0, 0.05) is 0 Å². The molecule has 0 aliphatic rings. The minimum absolute atomic E-state index is 0. The maximum atomic E-state index is 8.71. The summed E-state index contributed by atoms with van der Waals surface area (Å²) < 4.78 is 73.6.